The zero-order chi connectivity index (χ0) is 16.6. The van der Waals surface area contributed by atoms with Crippen molar-refractivity contribution in [1.82, 2.24) is 0 Å². The molecule has 0 N–H and O–H groups in total. The molecule has 0 aliphatic carbocycles. The van der Waals surface area contributed by atoms with Gasteiger partial charge >= 0.3 is 5.97 Å². The van der Waals surface area contributed by atoms with Gasteiger partial charge in [-0.05, 0) is 19.3 Å². The van der Waals surface area contributed by atoms with Crippen molar-refractivity contribution in [2.75, 3.05) is 6.61 Å². The van der Waals surface area contributed by atoms with Gasteiger partial charge in [0.1, 0.15) is 0 Å². The van der Waals surface area contributed by atoms with E-state index in [1.165, 1.54) is 38.5 Å². The van der Waals surface area contributed by atoms with Crippen molar-refractivity contribution in [1.29, 1.82) is 0 Å². The average molecular weight is 314 g/mol. The number of ketones is 1. The molecule has 4 nitrogen and oxygen atoms in total. The van der Waals surface area contributed by atoms with E-state index in [0.29, 0.717) is 13.0 Å². The van der Waals surface area contributed by atoms with Gasteiger partial charge in [-0.15, -0.1) is 0 Å². The summed E-state index contributed by atoms with van der Waals surface area (Å²) >= 11 is 0. The molecule has 0 fully saturated rings. The number of carbonyl (C=O) groups is 2. The van der Waals surface area contributed by atoms with Crippen LogP contribution in [-0.4, -0.2) is 18.4 Å². The molecule has 22 heavy (non-hydrogen) atoms. The molecule has 0 aromatic carbocycles. The zero-order valence-electron chi connectivity index (χ0n) is 14.7. The SMILES string of the molecule is CCCCCCCCCCC(CC)C(=O)C(=O)OOCCC. The summed E-state index contributed by atoms with van der Waals surface area (Å²) in [6.07, 6.45) is 12.1. The molecule has 0 rings (SSSR count). The largest absolute Gasteiger partial charge is 0.408 e. The van der Waals surface area contributed by atoms with Gasteiger partial charge in [-0.3, -0.25) is 9.68 Å². The highest BCUT2D eigenvalue weighted by atomic mass is 17.2. The van der Waals surface area contributed by atoms with Crippen LogP contribution in [0.5, 0.6) is 0 Å². The van der Waals surface area contributed by atoms with E-state index in [1.54, 1.807) is 0 Å². The molecule has 0 heterocycles. The molecule has 0 aliphatic heterocycles. The van der Waals surface area contributed by atoms with Crippen molar-refractivity contribution in [3.05, 3.63) is 0 Å². The monoisotopic (exact) mass is 314 g/mol. The molecule has 0 aromatic heterocycles. The van der Waals surface area contributed by atoms with Crippen LogP contribution in [0.1, 0.15) is 91.4 Å². The zero-order valence-corrected chi connectivity index (χ0v) is 14.7. The molecule has 130 valence electrons. The van der Waals surface area contributed by atoms with E-state index < -0.39 is 11.8 Å². The quantitative estimate of drug-likeness (QED) is 0.185. The van der Waals surface area contributed by atoms with Crippen LogP contribution in [0.3, 0.4) is 0 Å². The van der Waals surface area contributed by atoms with Crippen LogP contribution in [0.2, 0.25) is 0 Å². The molecule has 1 atom stereocenters. The minimum atomic E-state index is -0.847. The molecule has 0 aromatic rings. The van der Waals surface area contributed by atoms with Gasteiger partial charge in [0.15, 0.2) is 0 Å². The van der Waals surface area contributed by atoms with E-state index in [2.05, 4.69) is 16.7 Å². The van der Waals surface area contributed by atoms with E-state index in [0.717, 1.165) is 25.7 Å². The van der Waals surface area contributed by atoms with E-state index >= 15 is 0 Å². The fraction of sp³-hybridized carbons (Fsp3) is 0.889. The lowest BCUT2D eigenvalue weighted by Crippen LogP contribution is -2.25. The number of hydrogen-bond acceptors (Lipinski definition) is 4. The van der Waals surface area contributed by atoms with E-state index in [4.69, 9.17) is 0 Å². The summed E-state index contributed by atoms with van der Waals surface area (Å²) in [6.45, 7) is 6.40. The van der Waals surface area contributed by atoms with Gasteiger partial charge in [0, 0.05) is 5.92 Å². The third-order valence-electron chi connectivity index (χ3n) is 3.89. The number of rotatable bonds is 15. The van der Waals surface area contributed by atoms with Crippen LogP contribution in [0.25, 0.3) is 0 Å². The third kappa shape index (κ3) is 10.8. The van der Waals surface area contributed by atoms with Crippen molar-refractivity contribution in [2.45, 2.75) is 91.4 Å². The summed E-state index contributed by atoms with van der Waals surface area (Å²) in [4.78, 5) is 32.7. The minimum absolute atomic E-state index is 0.224. The Kier molecular flexibility index (Phi) is 14.4. The summed E-state index contributed by atoms with van der Waals surface area (Å²) in [5, 5.41) is 0. The summed E-state index contributed by atoms with van der Waals surface area (Å²) in [5.74, 6) is -1.51. The van der Waals surface area contributed by atoms with Gasteiger partial charge in [-0.25, -0.2) is 4.79 Å². The molecule has 0 aliphatic rings. The molecule has 1 unspecified atom stereocenters. The number of unbranched alkanes of at least 4 members (excludes halogenated alkanes) is 7. The molecule has 0 radical (unpaired) electrons. The van der Waals surface area contributed by atoms with Gasteiger partial charge in [-0.1, -0.05) is 72.1 Å². The van der Waals surface area contributed by atoms with Gasteiger partial charge < -0.3 is 0 Å². The molecule has 0 bridgehead atoms. The normalized spacial score (nSPS) is 12.1. The molecule has 0 saturated heterocycles. The van der Waals surface area contributed by atoms with E-state index in [9.17, 15) is 9.59 Å². The molecular formula is C18H34O4. The first kappa shape index (κ1) is 21.1. The lowest BCUT2D eigenvalue weighted by Gasteiger charge is -2.12. The molecule has 4 heteroatoms. The van der Waals surface area contributed by atoms with Crippen LogP contribution in [0.4, 0.5) is 0 Å². The first-order valence-corrected chi connectivity index (χ1v) is 9.04. The predicted molar refractivity (Wildman–Crippen MR) is 88.4 cm³/mol. The van der Waals surface area contributed by atoms with E-state index in [1.807, 2.05) is 13.8 Å². The highest BCUT2D eigenvalue weighted by Crippen LogP contribution is 2.17. The Balaban J connectivity index is 3.76. The minimum Gasteiger partial charge on any atom is -0.289 e. The Hall–Kier alpha value is -0.900. The first-order valence-electron chi connectivity index (χ1n) is 9.04. The van der Waals surface area contributed by atoms with Crippen molar-refractivity contribution in [2.24, 2.45) is 5.92 Å². The first-order chi connectivity index (χ1) is 10.7. The maximum absolute atomic E-state index is 12.0. The Morgan fingerprint density at radius 1 is 0.818 bits per heavy atom. The van der Waals surface area contributed by atoms with Crippen molar-refractivity contribution in [3.63, 3.8) is 0 Å². The number of hydrogen-bond donors (Lipinski definition) is 0. The number of carbonyl (C=O) groups excluding carboxylic acids is 2. The standard InChI is InChI=1S/C18H34O4/c1-4-7-8-9-10-11-12-13-14-16(6-3)17(19)18(20)22-21-15-5-2/h16H,4-15H2,1-3H3. The van der Waals surface area contributed by atoms with Crippen molar-refractivity contribution < 1.29 is 19.4 Å². The Morgan fingerprint density at radius 2 is 1.41 bits per heavy atom. The maximum atomic E-state index is 12.0. The van der Waals surface area contributed by atoms with Crippen molar-refractivity contribution in [3.8, 4) is 0 Å². The third-order valence-corrected chi connectivity index (χ3v) is 3.89. The second-order valence-corrected chi connectivity index (χ2v) is 5.93. The Morgan fingerprint density at radius 3 is 1.95 bits per heavy atom. The molecule has 0 saturated carbocycles. The average Bonchev–Trinajstić information content (AvgIpc) is 2.53. The highest BCUT2D eigenvalue weighted by molar-refractivity contribution is 6.34. The summed E-state index contributed by atoms with van der Waals surface area (Å²) < 4.78 is 0. The van der Waals surface area contributed by atoms with Gasteiger partial charge in [0.05, 0.1) is 6.61 Å². The van der Waals surface area contributed by atoms with E-state index in [-0.39, 0.29) is 5.92 Å². The summed E-state index contributed by atoms with van der Waals surface area (Å²) in [6, 6.07) is 0. The Bertz CT molecular complexity index is 289. The summed E-state index contributed by atoms with van der Waals surface area (Å²) in [7, 11) is 0. The lowest BCUT2D eigenvalue weighted by molar-refractivity contribution is -0.269. The second kappa shape index (κ2) is 15.0. The van der Waals surface area contributed by atoms with Crippen LogP contribution < -0.4 is 0 Å². The Labute approximate surface area is 135 Å². The van der Waals surface area contributed by atoms with Gasteiger partial charge in [-0.2, -0.15) is 4.89 Å². The topological polar surface area (TPSA) is 52.6 Å². The van der Waals surface area contributed by atoms with Crippen LogP contribution in [-0.2, 0) is 19.4 Å². The van der Waals surface area contributed by atoms with Gasteiger partial charge in [0.2, 0.25) is 5.78 Å². The fourth-order valence-electron chi connectivity index (χ4n) is 2.43. The molecular weight excluding hydrogens is 280 g/mol. The maximum Gasteiger partial charge on any atom is 0.408 e. The molecule has 0 amide bonds. The lowest BCUT2D eigenvalue weighted by atomic mass is 9.94. The number of Topliss-reactive ketones (excluding diaryl/α,β-unsaturated/α-hetero) is 1. The summed E-state index contributed by atoms with van der Waals surface area (Å²) in [5.41, 5.74) is 0. The van der Waals surface area contributed by atoms with Crippen LogP contribution in [0.15, 0.2) is 0 Å². The van der Waals surface area contributed by atoms with Crippen LogP contribution >= 0.6 is 0 Å². The smallest absolute Gasteiger partial charge is 0.289 e. The van der Waals surface area contributed by atoms with Gasteiger partial charge in [0.25, 0.3) is 0 Å². The highest BCUT2D eigenvalue weighted by Gasteiger charge is 2.25. The van der Waals surface area contributed by atoms with Crippen LogP contribution in [0, 0.1) is 5.92 Å². The molecule has 0 spiro atoms. The second-order valence-electron chi connectivity index (χ2n) is 5.93. The fourth-order valence-corrected chi connectivity index (χ4v) is 2.43. The predicted octanol–water partition coefficient (Wildman–Crippen LogP) is 5.00. The van der Waals surface area contributed by atoms with Crippen molar-refractivity contribution >= 4 is 11.8 Å².